The maximum Gasteiger partial charge on any atom is 0.0728 e. The first kappa shape index (κ1) is 25.9. The van der Waals surface area contributed by atoms with Gasteiger partial charge in [-0.25, -0.2) is 0 Å². The first-order valence-corrected chi connectivity index (χ1v) is 19.5. The summed E-state index contributed by atoms with van der Waals surface area (Å²) in [5.41, 5.74) is 17.0. The maximum atomic E-state index is 5.56. The van der Waals surface area contributed by atoms with Crippen LogP contribution in [0.2, 0.25) is 0 Å². The highest BCUT2D eigenvalue weighted by Crippen LogP contribution is 2.76. The van der Waals surface area contributed by atoms with Crippen molar-refractivity contribution in [2.45, 2.75) is 102 Å². The molecule has 4 aromatic heterocycles. The SMILES string of the molecule is CC1(C)c2cc3c4c5c(ncc4n4c6cnc7c(c6c(c2-c2cccc6cccc1c26)c34)C1CC2CC3CC7CC32C1)CC1(CCCC1)C5. The molecule has 3 aromatic carbocycles. The zero-order valence-corrected chi connectivity index (χ0v) is 28.6. The number of pyridine rings is 2. The van der Waals surface area contributed by atoms with E-state index in [1.807, 2.05) is 0 Å². The van der Waals surface area contributed by atoms with E-state index in [4.69, 9.17) is 9.97 Å². The van der Waals surface area contributed by atoms with Gasteiger partial charge in [0, 0.05) is 44.3 Å². The number of fused-ring (bicyclic) bond motifs is 17. The van der Waals surface area contributed by atoms with Gasteiger partial charge in [-0.3, -0.25) is 9.97 Å². The summed E-state index contributed by atoms with van der Waals surface area (Å²) in [5, 5.41) is 8.88. The molecule has 0 N–H and O–H groups in total. The number of hydrogen-bond donors (Lipinski definition) is 0. The fraction of sp³-hybridized carbons (Fsp3) is 0.435. The smallest absolute Gasteiger partial charge is 0.0728 e. The van der Waals surface area contributed by atoms with E-state index in [0.717, 1.165) is 11.8 Å². The first-order chi connectivity index (χ1) is 23.9. The summed E-state index contributed by atoms with van der Waals surface area (Å²) >= 11 is 0. The molecule has 49 heavy (non-hydrogen) atoms. The second-order valence-electron chi connectivity index (χ2n) is 18.7. The lowest BCUT2D eigenvalue weighted by Crippen LogP contribution is -2.41. The first-order valence-electron chi connectivity index (χ1n) is 19.5. The molecule has 3 bridgehead atoms. The van der Waals surface area contributed by atoms with Crippen molar-refractivity contribution >= 4 is 48.9 Å². The van der Waals surface area contributed by atoms with Gasteiger partial charge in [0.2, 0.25) is 0 Å². The van der Waals surface area contributed by atoms with Crippen LogP contribution in [0.25, 0.3) is 60.0 Å². The van der Waals surface area contributed by atoms with Crippen LogP contribution in [0.3, 0.4) is 0 Å². The predicted octanol–water partition coefficient (Wildman–Crippen LogP) is 11.1. The van der Waals surface area contributed by atoms with E-state index >= 15 is 0 Å². The molecule has 0 aliphatic heterocycles. The van der Waals surface area contributed by atoms with E-state index in [0.29, 0.717) is 22.7 Å². The normalized spacial score (nSPS) is 30.6. The van der Waals surface area contributed by atoms with E-state index in [1.54, 1.807) is 16.5 Å². The average molecular weight is 636 g/mol. The molecular weight excluding hydrogens is 595 g/mol. The third kappa shape index (κ3) is 2.66. The zero-order valence-electron chi connectivity index (χ0n) is 28.6. The Bertz CT molecular complexity index is 2710. The Labute approximate surface area is 286 Å². The Balaban J connectivity index is 1.21. The molecule has 4 saturated carbocycles. The molecule has 7 aliphatic rings. The quantitative estimate of drug-likeness (QED) is 0.166. The maximum absolute atomic E-state index is 5.56. The van der Waals surface area contributed by atoms with Crippen molar-refractivity contribution in [3.05, 3.63) is 88.5 Å². The minimum atomic E-state index is -0.115. The van der Waals surface area contributed by atoms with Crippen LogP contribution in [-0.4, -0.2) is 14.4 Å². The van der Waals surface area contributed by atoms with Crippen LogP contribution in [0.1, 0.15) is 117 Å². The summed E-state index contributed by atoms with van der Waals surface area (Å²) in [6, 6.07) is 16.8. The summed E-state index contributed by atoms with van der Waals surface area (Å²) in [6.45, 7) is 5.01. The van der Waals surface area contributed by atoms with Gasteiger partial charge in [-0.05, 0) is 137 Å². The van der Waals surface area contributed by atoms with Gasteiger partial charge >= 0.3 is 0 Å². The molecule has 7 aromatic rings. The molecule has 3 nitrogen and oxygen atoms in total. The summed E-state index contributed by atoms with van der Waals surface area (Å²) in [6.07, 6.45) is 19.5. The third-order valence-corrected chi connectivity index (χ3v) is 16.6. The Morgan fingerprint density at radius 2 is 1.53 bits per heavy atom. The molecule has 5 atom stereocenters. The number of aromatic nitrogens is 3. The van der Waals surface area contributed by atoms with Crippen molar-refractivity contribution in [1.29, 1.82) is 0 Å². The Morgan fingerprint density at radius 1 is 0.755 bits per heavy atom. The van der Waals surface area contributed by atoms with Gasteiger partial charge in [0.05, 0.1) is 28.9 Å². The molecule has 0 amide bonds. The summed E-state index contributed by atoms with van der Waals surface area (Å²) in [7, 11) is 0. The van der Waals surface area contributed by atoms with Gasteiger partial charge < -0.3 is 4.40 Å². The second kappa shape index (κ2) is 7.83. The van der Waals surface area contributed by atoms with Crippen molar-refractivity contribution in [2.75, 3.05) is 0 Å². The molecule has 0 saturated heterocycles. The highest BCUT2D eigenvalue weighted by molar-refractivity contribution is 6.30. The van der Waals surface area contributed by atoms with Crippen molar-refractivity contribution in [2.24, 2.45) is 22.7 Å². The highest BCUT2D eigenvalue weighted by atomic mass is 15.0. The van der Waals surface area contributed by atoms with Crippen LogP contribution in [0.4, 0.5) is 0 Å². The fourth-order valence-corrected chi connectivity index (χ4v) is 14.7. The molecule has 3 heteroatoms. The summed E-state index contributed by atoms with van der Waals surface area (Å²) < 4.78 is 2.66. The number of nitrogens with zero attached hydrogens (tertiary/aromatic N) is 3. The number of hydrogen-bond acceptors (Lipinski definition) is 2. The van der Waals surface area contributed by atoms with E-state index in [-0.39, 0.29) is 5.41 Å². The minimum Gasteiger partial charge on any atom is -0.305 e. The molecular formula is C46H41N3. The highest BCUT2D eigenvalue weighted by Gasteiger charge is 2.66. The standard InChI is InChI=1S/C46H41N3/c1-44(2)31-10-6-8-23-7-5-9-28(36(23)31)39-32(44)16-29-38-30-19-45(11-3-4-12-45)20-33(30)47-21-34(38)49-35-22-48-42-25-14-27-15-26-13-24(17-46(26,27)18-25)37(42)40(35)41(39)43(29)49/h5-10,16,21-22,24-27H,3-4,11-15,17-20H2,1-2H3. The molecule has 7 aliphatic carbocycles. The molecule has 2 spiro atoms. The van der Waals surface area contributed by atoms with Crippen LogP contribution < -0.4 is 0 Å². The van der Waals surface area contributed by atoms with Crippen LogP contribution in [0.15, 0.2) is 54.9 Å². The Hall–Kier alpha value is -3.98. The predicted molar refractivity (Wildman–Crippen MR) is 198 cm³/mol. The lowest BCUT2D eigenvalue weighted by molar-refractivity contribution is 0.00321. The van der Waals surface area contributed by atoms with Gasteiger partial charge in [-0.15, -0.1) is 0 Å². The van der Waals surface area contributed by atoms with Crippen molar-refractivity contribution in [3.8, 4) is 11.1 Å². The Kier molecular flexibility index (Phi) is 4.14. The molecule has 4 fully saturated rings. The molecule has 4 heterocycles. The van der Waals surface area contributed by atoms with Crippen LogP contribution >= 0.6 is 0 Å². The van der Waals surface area contributed by atoms with Crippen molar-refractivity contribution < 1.29 is 0 Å². The van der Waals surface area contributed by atoms with Gasteiger partial charge in [-0.1, -0.05) is 63.1 Å². The lowest BCUT2D eigenvalue weighted by Gasteiger charge is -2.48. The third-order valence-electron chi connectivity index (χ3n) is 16.6. The summed E-state index contributed by atoms with van der Waals surface area (Å²) in [5.74, 6) is 3.18. The van der Waals surface area contributed by atoms with Crippen molar-refractivity contribution in [1.82, 2.24) is 14.4 Å². The van der Waals surface area contributed by atoms with Crippen LogP contribution in [-0.2, 0) is 18.3 Å². The van der Waals surface area contributed by atoms with Gasteiger partial charge in [0.25, 0.3) is 0 Å². The monoisotopic (exact) mass is 635 g/mol. The summed E-state index contributed by atoms with van der Waals surface area (Å²) in [4.78, 5) is 10.9. The van der Waals surface area contributed by atoms with E-state index in [9.17, 15) is 0 Å². The van der Waals surface area contributed by atoms with Gasteiger partial charge in [0.15, 0.2) is 0 Å². The second-order valence-corrected chi connectivity index (χ2v) is 18.7. The van der Waals surface area contributed by atoms with Crippen LogP contribution in [0, 0.1) is 22.7 Å². The van der Waals surface area contributed by atoms with Crippen molar-refractivity contribution in [3.63, 3.8) is 0 Å². The van der Waals surface area contributed by atoms with Gasteiger partial charge in [-0.2, -0.15) is 0 Å². The molecule has 14 rings (SSSR count). The number of benzene rings is 3. The number of rotatable bonds is 0. The lowest BCUT2D eigenvalue weighted by atomic mass is 9.56. The Morgan fingerprint density at radius 3 is 2.41 bits per heavy atom. The van der Waals surface area contributed by atoms with E-state index in [2.05, 4.69) is 73.1 Å². The zero-order chi connectivity index (χ0) is 31.8. The largest absolute Gasteiger partial charge is 0.305 e. The molecule has 0 radical (unpaired) electrons. The molecule has 5 unspecified atom stereocenters. The average Bonchev–Trinajstić information content (AvgIpc) is 3.94. The van der Waals surface area contributed by atoms with E-state index in [1.165, 1.54) is 148 Å². The van der Waals surface area contributed by atoms with Crippen LogP contribution in [0.5, 0.6) is 0 Å². The minimum absolute atomic E-state index is 0.115. The molecule has 240 valence electrons. The van der Waals surface area contributed by atoms with E-state index < -0.39 is 0 Å². The topological polar surface area (TPSA) is 30.2 Å². The fourth-order valence-electron chi connectivity index (χ4n) is 14.7. The van der Waals surface area contributed by atoms with Gasteiger partial charge in [0.1, 0.15) is 0 Å².